The lowest BCUT2D eigenvalue weighted by atomic mass is 9.94. The Labute approximate surface area is 127 Å². The monoisotopic (exact) mass is 289 g/mol. The third-order valence-electron chi connectivity index (χ3n) is 4.52. The van der Waals surface area contributed by atoms with E-state index in [0.717, 1.165) is 30.7 Å². The number of nitrogens with zero attached hydrogens (tertiary/aromatic N) is 2. The summed E-state index contributed by atoms with van der Waals surface area (Å²) in [6.07, 6.45) is 8.41. The van der Waals surface area contributed by atoms with Gasteiger partial charge in [0.15, 0.2) is 0 Å². The summed E-state index contributed by atoms with van der Waals surface area (Å²) in [4.78, 5) is 12.1. The molecule has 1 N–H and O–H groups in total. The van der Waals surface area contributed by atoms with Crippen LogP contribution in [-0.2, 0) is 18.3 Å². The van der Waals surface area contributed by atoms with E-state index in [4.69, 9.17) is 0 Å². The van der Waals surface area contributed by atoms with E-state index in [1.165, 1.54) is 24.0 Å². The van der Waals surface area contributed by atoms with Gasteiger partial charge >= 0.3 is 0 Å². The molecule has 4 heteroatoms. The fourth-order valence-corrected chi connectivity index (χ4v) is 3.08. The minimum absolute atomic E-state index is 0.136. The molecular weight excluding hydrogens is 262 g/mol. The SMILES string of the molecule is Cc1nn(C)c(C)c1CCC(=O)N[C@H](C)C1=CCCCC1. The first-order valence-electron chi connectivity index (χ1n) is 7.96. The Morgan fingerprint density at radius 2 is 2.19 bits per heavy atom. The van der Waals surface area contributed by atoms with Crippen molar-refractivity contribution < 1.29 is 4.79 Å². The van der Waals surface area contributed by atoms with Crippen molar-refractivity contribution in [3.63, 3.8) is 0 Å². The van der Waals surface area contributed by atoms with E-state index in [1.807, 2.05) is 18.7 Å². The van der Waals surface area contributed by atoms with E-state index in [0.29, 0.717) is 6.42 Å². The first kappa shape index (κ1) is 15.8. The van der Waals surface area contributed by atoms with Crippen molar-refractivity contribution >= 4 is 5.91 Å². The average Bonchev–Trinajstić information content (AvgIpc) is 2.71. The maximum atomic E-state index is 12.1. The first-order valence-corrected chi connectivity index (χ1v) is 7.96. The van der Waals surface area contributed by atoms with Crippen LogP contribution in [0.15, 0.2) is 11.6 Å². The van der Waals surface area contributed by atoms with Gasteiger partial charge in [-0.15, -0.1) is 0 Å². The highest BCUT2D eigenvalue weighted by molar-refractivity contribution is 5.77. The average molecular weight is 289 g/mol. The third-order valence-corrected chi connectivity index (χ3v) is 4.52. The molecule has 0 bridgehead atoms. The Kier molecular flexibility index (Phi) is 5.21. The molecule has 116 valence electrons. The van der Waals surface area contributed by atoms with Gasteiger partial charge in [-0.25, -0.2) is 0 Å². The molecule has 0 fully saturated rings. The summed E-state index contributed by atoms with van der Waals surface area (Å²) >= 11 is 0. The Morgan fingerprint density at radius 3 is 2.76 bits per heavy atom. The molecule has 2 rings (SSSR count). The van der Waals surface area contributed by atoms with Crippen LogP contribution in [0.2, 0.25) is 0 Å². The minimum atomic E-state index is 0.136. The highest BCUT2D eigenvalue weighted by atomic mass is 16.1. The third kappa shape index (κ3) is 3.96. The molecule has 1 aliphatic rings. The summed E-state index contributed by atoms with van der Waals surface area (Å²) < 4.78 is 1.89. The Hall–Kier alpha value is -1.58. The molecule has 1 heterocycles. The normalized spacial score (nSPS) is 16.5. The maximum Gasteiger partial charge on any atom is 0.220 e. The van der Waals surface area contributed by atoms with E-state index in [2.05, 4.69) is 30.3 Å². The number of aryl methyl sites for hydroxylation is 2. The van der Waals surface area contributed by atoms with Crippen LogP contribution < -0.4 is 5.32 Å². The summed E-state index contributed by atoms with van der Waals surface area (Å²) in [6.45, 7) is 6.16. The minimum Gasteiger partial charge on any atom is -0.350 e. The van der Waals surface area contributed by atoms with Crippen LogP contribution in [0, 0.1) is 13.8 Å². The molecule has 0 saturated heterocycles. The Bertz CT molecular complexity index is 542. The summed E-state index contributed by atoms with van der Waals surface area (Å²) in [5.74, 6) is 0.136. The zero-order valence-electron chi connectivity index (χ0n) is 13.7. The molecule has 0 aliphatic heterocycles. The van der Waals surface area contributed by atoms with Gasteiger partial charge in [0.1, 0.15) is 0 Å². The standard InChI is InChI=1S/C17H27N3O/c1-12(15-8-6-5-7-9-15)18-17(21)11-10-16-13(2)19-20(4)14(16)3/h8,12H,5-7,9-11H2,1-4H3,(H,18,21)/t12-/m1/s1. The number of allylic oxidation sites excluding steroid dienone is 1. The molecule has 1 aliphatic carbocycles. The number of amides is 1. The quantitative estimate of drug-likeness (QED) is 0.847. The van der Waals surface area contributed by atoms with Crippen molar-refractivity contribution in [3.8, 4) is 0 Å². The molecule has 4 nitrogen and oxygen atoms in total. The zero-order valence-corrected chi connectivity index (χ0v) is 13.7. The van der Waals surface area contributed by atoms with E-state index in [9.17, 15) is 4.79 Å². The van der Waals surface area contributed by atoms with Crippen LogP contribution in [0.1, 0.15) is 56.0 Å². The van der Waals surface area contributed by atoms with Crippen molar-refractivity contribution in [1.29, 1.82) is 0 Å². The van der Waals surface area contributed by atoms with Gasteiger partial charge in [-0.2, -0.15) is 5.10 Å². The van der Waals surface area contributed by atoms with Crippen molar-refractivity contribution in [2.45, 2.75) is 65.3 Å². The topological polar surface area (TPSA) is 46.9 Å². The molecule has 0 unspecified atom stereocenters. The van der Waals surface area contributed by atoms with Crippen molar-refractivity contribution in [2.24, 2.45) is 7.05 Å². The second-order valence-corrected chi connectivity index (χ2v) is 6.09. The second-order valence-electron chi connectivity index (χ2n) is 6.09. The molecule has 0 spiro atoms. The molecule has 0 radical (unpaired) electrons. The Morgan fingerprint density at radius 1 is 1.43 bits per heavy atom. The fourth-order valence-electron chi connectivity index (χ4n) is 3.08. The lowest BCUT2D eigenvalue weighted by Crippen LogP contribution is -2.34. The largest absolute Gasteiger partial charge is 0.350 e. The second kappa shape index (κ2) is 6.92. The summed E-state index contributed by atoms with van der Waals surface area (Å²) in [5, 5.41) is 7.53. The van der Waals surface area contributed by atoms with Crippen LogP contribution >= 0.6 is 0 Å². The van der Waals surface area contributed by atoms with Gasteiger partial charge < -0.3 is 5.32 Å². The molecule has 1 aromatic heterocycles. The van der Waals surface area contributed by atoms with Gasteiger partial charge in [-0.3, -0.25) is 9.48 Å². The molecule has 1 atom stereocenters. The van der Waals surface area contributed by atoms with Gasteiger partial charge in [0.25, 0.3) is 0 Å². The molecular formula is C17H27N3O. The van der Waals surface area contributed by atoms with Crippen LogP contribution in [0.5, 0.6) is 0 Å². The van der Waals surface area contributed by atoms with E-state index in [-0.39, 0.29) is 11.9 Å². The van der Waals surface area contributed by atoms with Crippen molar-refractivity contribution in [3.05, 3.63) is 28.6 Å². The predicted molar refractivity (Wildman–Crippen MR) is 85.2 cm³/mol. The number of carbonyl (C=O) groups is 1. The summed E-state index contributed by atoms with van der Waals surface area (Å²) in [7, 11) is 1.95. The number of aromatic nitrogens is 2. The highest BCUT2D eigenvalue weighted by Crippen LogP contribution is 2.20. The van der Waals surface area contributed by atoms with Gasteiger partial charge in [0, 0.05) is 25.2 Å². The zero-order chi connectivity index (χ0) is 15.4. The number of hydrogen-bond donors (Lipinski definition) is 1. The van der Waals surface area contributed by atoms with E-state index < -0.39 is 0 Å². The number of nitrogens with one attached hydrogen (secondary N) is 1. The molecule has 0 saturated carbocycles. The smallest absolute Gasteiger partial charge is 0.220 e. The molecule has 1 amide bonds. The molecule has 0 aromatic carbocycles. The van der Waals surface area contributed by atoms with Crippen LogP contribution in [0.25, 0.3) is 0 Å². The van der Waals surface area contributed by atoms with Crippen LogP contribution in [0.4, 0.5) is 0 Å². The van der Waals surface area contributed by atoms with Crippen LogP contribution in [0.3, 0.4) is 0 Å². The van der Waals surface area contributed by atoms with E-state index in [1.54, 1.807) is 0 Å². The Balaban J connectivity index is 1.86. The summed E-state index contributed by atoms with van der Waals surface area (Å²) in [6, 6.07) is 0.175. The maximum absolute atomic E-state index is 12.1. The van der Waals surface area contributed by atoms with Gasteiger partial charge in [-0.05, 0) is 58.4 Å². The highest BCUT2D eigenvalue weighted by Gasteiger charge is 2.15. The predicted octanol–water partition coefficient (Wildman–Crippen LogP) is 2.97. The molecule has 1 aromatic rings. The number of hydrogen-bond acceptors (Lipinski definition) is 2. The van der Waals surface area contributed by atoms with Crippen molar-refractivity contribution in [1.82, 2.24) is 15.1 Å². The fraction of sp³-hybridized carbons (Fsp3) is 0.647. The van der Waals surface area contributed by atoms with Gasteiger partial charge in [-0.1, -0.05) is 11.6 Å². The van der Waals surface area contributed by atoms with E-state index >= 15 is 0 Å². The van der Waals surface area contributed by atoms with Gasteiger partial charge in [0.2, 0.25) is 5.91 Å². The van der Waals surface area contributed by atoms with Crippen molar-refractivity contribution in [2.75, 3.05) is 0 Å². The van der Waals surface area contributed by atoms with Crippen LogP contribution in [-0.4, -0.2) is 21.7 Å². The molecule has 21 heavy (non-hydrogen) atoms. The first-order chi connectivity index (χ1) is 9.99. The lowest BCUT2D eigenvalue weighted by molar-refractivity contribution is -0.121. The lowest BCUT2D eigenvalue weighted by Gasteiger charge is -2.20. The summed E-state index contributed by atoms with van der Waals surface area (Å²) in [5.41, 5.74) is 4.79. The number of carbonyl (C=O) groups excluding carboxylic acids is 1. The number of rotatable bonds is 5. The van der Waals surface area contributed by atoms with Gasteiger partial charge in [0.05, 0.1) is 5.69 Å².